The van der Waals surface area contributed by atoms with E-state index in [1.807, 2.05) is 0 Å². The van der Waals surface area contributed by atoms with Crippen LogP contribution in [0.3, 0.4) is 0 Å². The first-order valence-corrected chi connectivity index (χ1v) is 5.78. The van der Waals surface area contributed by atoms with Crippen molar-refractivity contribution in [2.24, 2.45) is 0 Å². The molecule has 0 aromatic heterocycles. The van der Waals surface area contributed by atoms with Crippen molar-refractivity contribution in [1.29, 1.82) is 0 Å². The van der Waals surface area contributed by atoms with E-state index in [-0.39, 0.29) is 24.6 Å². The molecular weight excluding hydrogens is 277 g/mol. The van der Waals surface area contributed by atoms with Gasteiger partial charge in [-0.15, -0.1) is 0 Å². The van der Waals surface area contributed by atoms with Crippen molar-refractivity contribution >= 4 is 27.4 Å². The summed E-state index contributed by atoms with van der Waals surface area (Å²) < 4.78 is 14.3. The zero-order chi connectivity index (χ0) is 11.7. The Hall–Kier alpha value is -0.940. The summed E-state index contributed by atoms with van der Waals surface area (Å²) in [6.45, 7) is 0.617. The molecule has 16 heavy (non-hydrogen) atoms. The standard InChI is InChI=1S/C11H11BrFNO2/c12-7-1-2-9(8(13)5-7)14-4-3-10(15)11(16)6-14/h1-2,5,11,16H,3-4,6H2. The second-order valence-corrected chi connectivity index (χ2v) is 4.69. The van der Waals surface area contributed by atoms with Crippen LogP contribution in [-0.4, -0.2) is 30.1 Å². The molecule has 0 amide bonds. The molecule has 1 unspecified atom stereocenters. The maximum atomic E-state index is 13.6. The Morgan fingerprint density at radius 1 is 1.50 bits per heavy atom. The van der Waals surface area contributed by atoms with E-state index in [9.17, 15) is 14.3 Å². The maximum absolute atomic E-state index is 13.6. The third-order valence-corrected chi connectivity index (χ3v) is 3.14. The molecule has 2 rings (SSSR count). The van der Waals surface area contributed by atoms with Crippen molar-refractivity contribution in [3.8, 4) is 0 Å². The molecule has 0 saturated carbocycles. The van der Waals surface area contributed by atoms with Crippen LogP contribution in [0.5, 0.6) is 0 Å². The number of Topliss-reactive ketones (excluding diaryl/α,β-unsaturated/α-hetero) is 1. The number of nitrogens with zero attached hydrogens (tertiary/aromatic N) is 1. The number of carbonyl (C=O) groups excluding carboxylic acids is 1. The summed E-state index contributed by atoms with van der Waals surface area (Å²) in [7, 11) is 0. The highest BCUT2D eigenvalue weighted by atomic mass is 79.9. The number of ketones is 1. The monoisotopic (exact) mass is 287 g/mol. The van der Waals surface area contributed by atoms with Crippen LogP contribution in [0.1, 0.15) is 6.42 Å². The molecule has 1 aliphatic rings. The predicted molar refractivity (Wildman–Crippen MR) is 61.9 cm³/mol. The minimum absolute atomic E-state index is 0.164. The topological polar surface area (TPSA) is 40.5 Å². The predicted octanol–water partition coefficient (Wildman–Crippen LogP) is 1.73. The number of rotatable bonds is 1. The summed E-state index contributed by atoms with van der Waals surface area (Å²) >= 11 is 3.18. The first-order valence-electron chi connectivity index (χ1n) is 4.98. The van der Waals surface area contributed by atoms with Crippen LogP contribution in [0.15, 0.2) is 22.7 Å². The first kappa shape index (κ1) is 11.5. The SMILES string of the molecule is O=C1CCN(c2ccc(Br)cc2F)CC1O. The van der Waals surface area contributed by atoms with Gasteiger partial charge >= 0.3 is 0 Å². The summed E-state index contributed by atoms with van der Waals surface area (Å²) in [5.41, 5.74) is 0.426. The number of aliphatic hydroxyl groups excluding tert-OH is 1. The van der Waals surface area contributed by atoms with E-state index in [2.05, 4.69) is 15.9 Å². The largest absolute Gasteiger partial charge is 0.383 e. The molecule has 1 fully saturated rings. The third kappa shape index (κ3) is 2.25. The van der Waals surface area contributed by atoms with Crippen LogP contribution in [0, 0.1) is 5.82 Å². The molecule has 0 bridgehead atoms. The number of benzene rings is 1. The van der Waals surface area contributed by atoms with Gasteiger partial charge in [0.2, 0.25) is 0 Å². The van der Waals surface area contributed by atoms with E-state index in [0.717, 1.165) is 0 Å². The molecule has 1 saturated heterocycles. The number of hydrogen-bond donors (Lipinski definition) is 1. The summed E-state index contributed by atoms with van der Waals surface area (Å²) in [5, 5.41) is 9.43. The highest BCUT2D eigenvalue weighted by molar-refractivity contribution is 9.10. The Labute approximate surface area is 101 Å². The Morgan fingerprint density at radius 3 is 2.88 bits per heavy atom. The van der Waals surface area contributed by atoms with E-state index >= 15 is 0 Å². The number of hydrogen-bond acceptors (Lipinski definition) is 3. The summed E-state index contributed by atoms with van der Waals surface area (Å²) in [6, 6.07) is 4.75. The minimum Gasteiger partial charge on any atom is -0.383 e. The lowest BCUT2D eigenvalue weighted by Crippen LogP contribution is -2.44. The fourth-order valence-corrected chi connectivity index (χ4v) is 2.10. The summed E-state index contributed by atoms with van der Waals surface area (Å²) in [4.78, 5) is 12.8. The van der Waals surface area contributed by atoms with Crippen molar-refractivity contribution in [3.05, 3.63) is 28.5 Å². The molecule has 0 radical (unpaired) electrons. The minimum atomic E-state index is -1.00. The Morgan fingerprint density at radius 2 is 2.25 bits per heavy atom. The highest BCUT2D eigenvalue weighted by Crippen LogP contribution is 2.25. The van der Waals surface area contributed by atoms with Gasteiger partial charge in [0.15, 0.2) is 5.78 Å². The van der Waals surface area contributed by atoms with Crippen molar-refractivity contribution in [3.63, 3.8) is 0 Å². The average Bonchev–Trinajstić information content (AvgIpc) is 2.22. The van der Waals surface area contributed by atoms with Gasteiger partial charge in [0.1, 0.15) is 11.9 Å². The molecule has 1 aliphatic heterocycles. The number of carbonyl (C=O) groups is 1. The average molecular weight is 288 g/mol. The van der Waals surface area contributed by atoms with Gasteiger partial charge in [-0.1, -0.05) is 15.9 Å². The van der Waals surface area contributed by atoms with Crippen LogP contribution in [-0.2, 0) is 4.79 Å². The first-order chi connectivity index (χ1) is 7.58. The van der Waals surface area contributed by atoms with Gasteiger partial charge in [-0.05, 0) is 18.2 Å². The van der Waals surface area contributed by atoms with Crippen molar-refractivity contribution in [2.45, 2.75) is 12.5 Å². The number of anilines is 1. The number of piperidine rings is 1. The number of β-amino-alcohol motifs (C(OH)–C–C–N with tert-alkyl or cyclic N) is 1. The fourth-order valence-electron chi connectivity index (χ4n) is 1.77. The molecule has 1 heterocycles. The van der Waals surface area contributed by atoms with E-state index in [1.165, 1.54) is 6.07 Å². The van der Waals surface area contributed by atoms with Crippen molar-refractivity contribution in [2.75, 3.05) is 18.0 Å². The fraction of sp³-hybridized carbons (Fsp3) is 0.364. The zero-order valence-corrected chi connectivity index (χ0v) is 10.1. The molecule has 1 atom stereocenters. The van der Waals surface area contributed by atoms with Gasteiger partial charge in [0, 0.05) is 17.4 Å². The van der Waals surface area contributed by atoms with Gasteiger partial charge in [0.25, 0.3) is 0 Å². The number of aliphatic hydroxyl groups is 1. The van der Waals surface area contributed by atoms with Gasteiger partial charge in [0.05, 0.1) is 12.2 Å². The second-order valence-electron chi connectivity index (χ2n) is 3.77. The van der Waals surface area contributed by atoms with Gasteiger partial charge in [-0.2, -0.15) is 0 Å². The van der Waals surface area contributed by atoms with E-state index in [0.29, 0.717) is 16.7 Å². The Balaban J connectivity index is 2.21. The maximum Gasteiger partial charge on any atom is 0.164 e. The lowest BCUT2D eigenvalue weighted by Gasteiger charge is -2.31. The summed E-state index contributed by atoms with van der Waals surface area (Å²) in [6.07, 6.45) is -0.742. The molecule has 0 aliphatic carbocycles. The van der Waals surface area contributed by atoms with Gasteiger partial charge in [-0.3, -0.25) is 4.79 Å². The normalized spacial score (nSPS) is 21.3. The van der Waals surface area contributed by atoms with Gasteiger partial charge < -0.3 is 10.0 Å². The Kier molecular flexibility index (Phi) is 3.25. The van der Waals surface area contributed by atoms with E-state index in [1.54, 1.807) is 17.0 Å². The lowest BCUT2D eigenvalue weighted by atomic mass is 10.1. The van der Waals surface area contributed by atoms with Crippen LogP contribution < -0.4 is 4.90 Å². The second kappa shape index (κ2) is 4.51. The summed E-state index contributed by atoms with van der Waals surface area (Å²) in [5.74, 6) is -0.523. The van der Waals surface area contributed by atoms with E-state index in [4.69, 9.17) is 0 Å². The van der Waals surface area contributed by atoms with Crippen molar-refractivity contribution < 1.29 is 14.3 Å². The zero-order valence-electron chi connectivity index (χ0n) is 8.49. The lowest BCUT2D eigenvalue weighted by molar-refractivity contribution is -0.127. The Bertz CT molecular complexity index is 424. The quantitative estimate of drug-likeness (QED) is 0.855. The smallest absolute Gasteiger partial charge is 0.164 e. The number of halogens is 2. The van der Waals surface area contributed by atoms with Crippen LogP contribution in [0.25, 0.3) is 0 Å². The van der Waals surface area contributed by atoms with E-state index < -0.39 is 6.10 Å². The van der Waals surface area contributed by atoms with Gasteiger partial charge in [-0.25, -0.2) is 4.39 Å². The molecule has 86 valence electrons. The highest BCUT2D eigenvalue weighted by Gasteiger charge is 2.26. The van der Waals surface area contributed by atoms with Crippen LogP contribution >= 0.6 is 15.9 Å². The molecule has 3 nitrogen and oxygen atoms in total. The molecular formula is C11H11BrFNO2. The molecule has 1 N–H and O–H groups in total. The molecule has 1 aromatic rings. The molecule has 0 spiro atoms. The molecule has 1 aromatic carbocycles. The van der Waals surface area contributed by atoms with Crippen LogP contribution in [0.4, 0.5) is 10.1 Å². The third-order valence-electron chi connectivity index (χ3n) is 2.64. The van der Waals surface area contributed by atoms with Crippen LogP contribution in [0.2, 0.25) is 0 Å². The van der Waals surface area contributed by atoms with Crippen molar-refractivity contribution in [1.82, 2.24) is 0 Å². The molecule has 5 heteroatoms.